The highest BCUT2D eigenvalue weighted by atomic mass is 19.1. The van der Waals surface area contributed by atoms with Crippen molar-refractivity contribution in [3.05, 3.63) is 106 Å². The van der Waals surface area contributed by atoms with Crippen LogP contribution in [0.25, 0.3) is 22.6 Å². The summed E-state index contributed by atoms with van der Waals surface area (Å²) in [6, 6.07) is 19.1. The molecule has 0 saturated heterocycles. The fourth-order valence-corrected chi connectivity index (χ4v) is 3.24. The van der Waals surface area contributed by atoms with Crippen LogP contribution in [0.1, 0.15) is 11.3 Å². The molecule has 9 heteroatoms. The summed E-state index contributed by atoms with van der Waals surface area (Å²) >= 11 is 0. The molecule has 0 fully saturated rings. The number of para-hydroxylation sites is 1. The van der Waals surface area contributed by atoms with E-state index in [-0.39, 0.29) is 28.3 Å². The van der Waals surface area contributed by atoms with E-state index in [1.165, 1.54) is 36.4 Å². The molecular formula is C25H15FN2O6. The molecule has 1 heterocycles. The quantitative estimate of drug-likeness (QED) is 0.173. The minimum atomic E-state index is -1.69. The van der Waals surface area contributed by atoms with Gasteiger partial charge in [-0.05, 0) is 54.1 Å². The maximum atomic E-state index is 13.1. The Hall–Kier alpha value is -4.92. The van der Waals surface area contributed by atoms with Crippen LogP contribution in [0.5, 0.6) is 11.5 Å². The van der Waals surface area contributed by atoms with Crippen molar-refractivity contribution < 1.29 is 28.7 Å². The average Bonchev–Trinajstić information content (AvgIpc) is 2.83. The van der Waals surface area contributed by atoms with Gasteiger partial charge in [0.1, 0.15) is 11.6 Å². The summed E-state index contributed by atoms with van der Waals surface area (Å²) in [5.74, 6) is -3.30. The Morgan fingerprint density at radius 2 is 1.74 bits per heavy atom. The molecule has 0 unspecified atom stereocenters. The Morgan fingerprint density at radius 1 is 1.00 bits per heavy atom. The van der Waals surface area contributed by atoms with Gasteiger partial charge >= 0.3 is 11.7 Å². The summed E-state index contributed by atoms with van der Waals surface area (Å²) < 4.78 is 18.6. The molecular weight excluding hydrogens is 443 g/mol. The van der Waals surface area contributed by atoms with E-state index in [2.05, 4.69) is 4.98 Å². The lowest BCUT2D eigenvalue weighted by molar-refractivity contribution is -0.385. The molecule has 0 aliphatic rings. The molecule has 8 nitrogen and oxygen atoms in total. The Kier molecular flexibility index (Phi) is 6.09. The SMILES string of the molecule is O=C(O)C(=O)/C(=C/c1ccc(Oc2ccc(F)cc2)c([N+](=O)[O-])c1)c1ccc2ccccc2n1. The van der Waals surface area contributed by atoms with Crippen molar-refractivity contribution in [3.63, 3.8) is 0 Å². The fraction of sp³-hybridized carbons (Fsp3) is 0. The van der Waals surface area contributed by atoms with Crippen LogP contribution in [0.15, 0.2) is 78.9 Å². The van der Waals surface area contributed by atoms with Crippen molar-refractivity contribution >= 4 is 40.0 Å². The first kappa shape index (κ1) is 22.3. The number of Topliss-reactive ketones (excluding diaryl/α,β-unsaturated/α-hetero) is 1. The molecule has 0 aliphatic carbocycles. The predicted molar refractivity (Wildman–Crippen MR) is 122 cm³/mol. The topological polar surface area (TPSA) is 120 Å². The number of halogens is 1. The lowest BCUT2D eigenvalue weighted by Crippen LogP contribution is -2.15. The maximum absolute atomic E-state index is 13.1. The molecule has 0 atom stereocenters. The number of hydrogen-bond acceptors (Lipinski definition) is 6. The number of ketones is 1. The Labute approximate surface area is 191 Å². The highest BCUT2D eigenvalue weighted by Crippen LogP contribution is 2.33. The fourth-order valence-electron chi connectivity index (χ4n) is 3.24. The van der Waals surface area contributed by atoms with Gasteiger partial charge in [-0.15, -0.1) is 0 Å². The van der Waals surface area contributed by atoms with Crippen LogP contribution in [-0.2, 0) is 9.59 Å². The highest BCUT2D eigenvalue weighted by molar-refractivity contribution is 6.52. The van der Waals surface area contributed by atoms with Gasteiger partial charge in [0.25, 0.3) is 5.78 Å². The van der Waals surface area contributed by atoms with E-state index in [9.17, 15) is 29.2 Å². The Bertz CT molecular complexity index is 1460. The molecule has 1 N–H and O–H groups in total. The summed E-state index contributed by atoms with van der Waals surface area (Å²) in [5.41, 5.74) is 0.197. The molecule has 34 heavy (non-hydrogen) atoms. The van der Waals surface area contributed by atoms with Crippen LogP contribution in [0, 0.1) is 15.9 Å². The first-order valence-corrected chi connectivity index (χ1v) is 9.89. The molecule has 0 saturated carbocycles. The minimum absolute atomic E-state index is 0.108. The van der Waals surface area contributed by atoms with Crippen LogP contribution in [-0.4, -0.2) is 26.8 Å². The molecule has 0 spiro atoms. The van der Waals surface area contributed by atoms with Crippen LogP contribution in [0.4, 0.5) is 10.1 Å². The van der Waals surface area contributed by atoms with Crippen LogP contribution >= 0.6 is 0 Å². The van der Waals surface area contributed by atoms with Crippen LogP contribution in [0.2, 0.25) is 0 Å². The number of carbonyl (C=O) groups is 2. The summed E-state index contributed by atoms with van der Waals surface area (Å²) in [6.07, 6.45) is 1.22. The standard InChI is InChI=1S/C25H15FN2O6/c26-17-7-9-18(10-8-17)34-23-12-5-15(14-22(23)28(32)33)13-19(24(29)25(30)31)21-11-6-16-3-1-2-4-20(16)27-21/h1-14H,(H,30,31)/b19-13+. The first-order chi connectivity index (χ1) is 16.3. The third-order valence-electron chi connectivity index (χ3n) is 4.85. The number of nitro benzene ring substituents is 1. The van der Waals surface area contributed by atoms with E-state index >= 15 is 0 Å². The van der Waals surface area contributed by atoms with E-state index in [0.29, 0.717) is 5.52 Å². The average molecular weight is 458 g/mol. The van der Waals surface area contributed by atoms with Gasteiger partial charge in [0.2, 0.25) is 5.75 Å². The zero-order valence-corrected chi connectivity index (χ0v) is 17.3. The highest BCUT2D eigenvalue weighted by Gasteiger charge is 2.22. The Morgan fingerprint density at radius 3 is 2.44 bits per heavy atom. The number of rotatable bonds is 7. The molecule has 1 aromatic heterocycles. The van der Waals surface area contributed by atoms with Crippen molar-refractivity contribution in [1.82, 2.24) is 4.98 Å². The van der Waals surface area contributed by atoms with E-state index in [0.717, 1.165) is 23.6 Å². The maximum Gasteiger partial charge on any atom is 0.377 e. The van der Waals surface area contributed by atoms with Gasteiger partial charge in [0, 0.05) is 11.5 Å². The number of nitro groups is 1. The molecule has 4 aromatic rings. The smallest absolute Gasteiger partial charge is 0.377 e. The van der Waals surface area contributed by atoms with Crippen molar-refractivity contribution in [3.8, 4) is 11.5 Å². The first-order valence-electron chi connectivity index (χ1n) is 9.89. The molecule has 0 radical (unpaired) electrons. The molecule has 0 aliphatic heterocycles. The second-order valence-electron chi connectivity index (χ2n) is 7.12. The van der Waals surface area contributed by atoms with Crippen molar-refractivity contribution in [2.75, 3.05) is 0 Å². The van der Waals surface area contributed by atoms with E-state index in [1.807, 2.05) is 12.1 Å². The van der Waals surface area contributed by atoms with Gasteiger partial charge in [0.05, 0.1) is 21.7 Å². The number of carbonyl (C=O) groups excluding carboxylic acids is 1. The van der Waals surface area contributed by atoms with Gasteiger partial charge in [-0.1, -0.05) is 30.3 Å². The molecule has 0 bridgehead atoms. The monoisotopic (exact) mass is 458 g/mol. The number of aromatic nitrogens is 1. The third-order valence-corrected chi connectivity index (χ3v) is 4.85. The number of hydrogen-bond donors (Lipinski definition) is 1. The number of carboxylic acids is 1. The Balaban J connectivity index is 1.77. The molecule has 4 rings (SSSR count). The predicted octanol–water partition coefficient (Wildman–Crippen LogP) is 5.27. The zero-order valence-electron chi connectivity index (χ0n) is 17.3. The largest absolute Gasteiger partial charge is 0.475 e. The van der Waals surface area contributed by atoms with Crippen LogP contribution in [0.3, 0.4) is 0 Å². The van der Waals surface area contributed by atoms with E-state index < -0.39 is 28.2 Å². The lowest BCUT2D eigenvalue weighted by Gasteiger charge is -2.08. The third kappa shape index (κ3) is 4.78. The van der Waals surface area contributed by atoms with Crippen molar-refractivity contribution in [1.29, 1.82) is 0 Å². The summed E-state index contributed by atoms with van der Waals surface area (Å²) in [4.78, 5) is 39.2. The number of carboxylic acid groups (broad SMARTS) is 1. The zero-order chi connectivity index (χ0) is 24.2. The summed E-state index contributed by atoms with van der Waals surface area (Å²) in [6.45, 7) is 0. The van der Waals surface area contributed by atoms with Crippen LogP contribution < -0.4 is 4.74 Å². The van der Waals surface area contributed by atoms with Crippen molar-refractivity contribution in [2.24, 2.45) is 0 Å². The van der Waals surface area contributed by atoms with Crippen molar-refractivity contribution in [2.45, 2.75) is 0 Å². The number of aliphatic carboxylic acids is 1. The van der Waals surface area contributed by atoms with E-state index in [4.69, 9.17) is 4.74 Å². The van der Waals surface area contributed by atoms with Gasteiger partial charge < -0.3 is 9.84 Å². The minimum Gasteiger partial charge on any atom is -0.475 e. The molecule has 168 valence electrons. The molecule has 3 aromatic carbocycles. The van der Waals surface area contributed by atoms with Gasteiger partial charge in [-0.2, -0.15) is 0 Å². The van der Waals surface area contributed by atoms with Gasteiger partial charge in [-0.3, -0.25) is 14.9 Å². The van der Waals surface area contributed by atoms with Gasteiger partial charge in [0.15, 0.2) is 0 Å². The number of ether oxygens (including phenoxy) is 1. The summed E-state index contributed by atoms with van der Waals surface area (Å²) in [7, 11) is 0. The summed E-state index contributed by atoms with van der Waals surface area (Å²) in [5, 5.41) is 21.7. The molecule has 0 amide bonds. The number of pyridine rings is 1. The number of nitrogens with zero attached hydrogens (tertiary/aromatic N) is 2. The van der Waals surface area contributed by atoms with E-state index in [1.54, 1.807) is 18.2 Å². The number of benzene rings is 3. The van der Waals surface area contributed by atoms with Gasteiger partial charge in [-0.25, -0.2) is 14.2 Å². The number of fused-ring (bicyclic) bond motifs is 1. The lowest BCUT2D eigenvalue weighted by atomic mass is 10.0. The second-order valence-corrected chi connectivity index (χ2v) is 7.12. The normalized spacial score (nSPS) is 11.3. The second kappa shape index (κ2) is 9.29.